The van der Waals surface area contributed by atoms with E-state index in [0.717, 1.165) is 31.7 Å². The fourth-order valence-corrected chi connectivity index (χ4v) is 12.3. The highest BCUT2D eigenvalue weighted by Crippen LogP contribution is 2.53. The van der Waals surface area contributed by atoms with Crippen molar-refractivity contribution in [3.63, 3.8) is 0 Å². The van der Waals surface area contributed by atoms with Gasteiger partial charge in [0, 0.05) is 33.1 Å². The van der Waals surface area contributed by atoms with Gasteiger partial charge in [0.2, 0.25) is 0 Å². The molecule has 0 spiro atoms. The minimum Gasteiger partial charge on any atom is -0.457 e. The van der Waals surface area contributed by atoms with E-state index in [9.17, 15) is 0 Å². The molecule has 0 aromatic heterocycles. The Hall–Kier alpha value is -4.31. The summed E-state index contributed by atoms with van der Waals surface area (Å²) in [6, 6.07) is 35.8. The molecule has 0 fully saturated rings. The van der Waals surface area contributed by atoms with E-state index in [4.69, 9.17) is 17.1 Å². The lowest BCUT2D eigenvalue weighted by Crippen LogP contribution is -2.56. The first-order chi connectivity index (χ1) is 27.5. The average Bonchev–Trinajstić information content (AvgIpc) is 3.22. The van der Waals surface area contributed by atoms with Crippen molar-refractivity contribution in [2.24, 2.45) is 0 Å². The monoisotopic (exact) mass is 695 g/mol. The maximum absolute atomic E-state index is 9.15. The van der Waals surface area contributed by atoms with Crippen molar-refractivity contribution in [3.05, 3.63) is 149 Å². The molecule has 250 valence electrons. The predicted octanol–water partition coefficient (Wildman–Crippen LogP) is 12.9. The van der Waals surface area contributed by atoms with Crippen molar-refractivity contribution in [2.75, 3.05) is 0 Å². The quantitative estimate of drug-likeness (QED) is 0.170. The van der Waals surface area contributed by atoms with Crippen LogP contribution in [0.15, 0.2) is 125 Å². The van der Waals surface area contributed by atoms with Crippen LogP contribution in [0.3, 0.4) is 0 Å². The molecule has 0 N–H and O–H groups in total. The number of fused-ring (bicyclic) bond motifs is 4. The average molecular weight is 696 g/mol. The molecule has 2 aliphatic rings. The van der Waals surface area contributed by atoms with Crippen LogP contribution in [0, 0.1) is 20.6 Å². The van der Waals surface area contributed by atoms with Gasteiger partial charge in [-0.05, 0) is 104 Å². The molecule has 1 nitrogen and oxygen atoms in total. The van der Waals surface area contributed by atoms with Gasteiger partial charge in [-0.3, -0.25) is 0 Å². The Kier molecular flexibility index (Phi) is 5.57. The van der Waals surface area contributed by atoms with Gasteiger partial charge in [0.15, 0.2) is 0 Å². The first-order valence-corrected chi connectivity index (χ1v) is 20.9. The lowest BCUT2D eigenvalue weighted by molar-refractivity contribution is 0.478. The summed E-state index contributed by atoms with van der Waals surface area (Å²) in [6.45, 7) is 4.92. The standard InChI is InChI=1S/C47H46OSSi/c1-29-27-28-34(31(3)43(29)36-20-16-22-38-44(36)48-40-24-11-13-26-42(40)50(8,9)47(38,6)7)32-17-14-18-33(30(32)2)35-19-15-23-39-45(35)49-41-25-12-10-21-37(41)46(39,4)5/h10-28H,1-9H3/i1D3,2D3,3D3. The molecule has 0 bridgehead atoms. The third-order valence-corrected chi connectivity index (χ3v) is 18.0. The van der Waals surface area contributed by atoms with Crippen LogP contribution in [-0.2, 0) is 10.5 Å². The number of para-hydroxylation sites is 2. The van der Waals surface area contributed by atoms with Crippen LogP contribution in [-0.4, -0.2) is 8.07 Å². The van der Waals surface area contributed by atoms with Crippen LogP contribution < -0.4 is 9.92 Å². The second kappa shape index (κ2) is 11.6. The minimum absolute atomic E-state index is 0.00176. The van der Waals surface area contributed by atoms with Crippen molar-refractivity contribution in [1.29, 1.82) is 0 Å². The van der Waals surface area contributed by atoms with Crippen molar-refractivity contribution >= 4 is 25.0 Å². The maximum atomic E-state index is 9.15. The highest BCUT2D eigenvalue weighted by Gasteiger charge is 2.47. The Morgan fingerprint density at radius 2 is 1.20 bits per heavy atom. The molecule has 0 saturated carbocycles. The van der Waals surface area contributed by atoms with Gasteiger partial charge in [-0.25, -0.2) is 0 Å². The maximum Gasteiger partial charge on any atom is 0.138 e. The third-order valence-electron chi connectivity index (χ3n) is 11.6. The molecule has 3 heteroatoms. The minimum atomic E-state index is -2.89. The molecule has 6 aromatic rings. The Labute approximate surface area is 316 Å². The van der Waals surface area contributed by atoms with Crippen molar-refractivity contribution in [1.82, 2.24) is 0 Å². The highest BCUT2D eigenvalue weighted by molar-refractivity contribution is 7.99. The van der Waals surface area contributed by atoms with Gasteiger partial charge in [-0.1, -0.05) is 156 Å². The van der Waals surface area contributed by atoms with Gasteiger partial charge in [-0.15, -0.1) is 0 Å². The zero-order chi connectivity index (χ0) is 42.7. The Bertz CT molecular complexity index is 2670. The molecule has 0 amide bonds. The third kappa shape index (κ3) is 4.73. The summed E-state index contributed by atoms with van der Waals surface area (Å²) in [7, 11) is -2.35. The normalized spacial score (nSPS) is 19.7. The Balaban J connectivity index is 1.45. The van der Waals surface area contributed by atoms with Crippen LogP contribution in [0.2, 0.25) is 13.1 Å². The van der Waals surface area contributed by atoms with Crippen LogP contribution in [0.5, 0.6) is 11.5 Å². The molecule has 50 heavy (non-hydrogen) atoms. The first-order valence-electron chi connectivity index (χ1n) is 21.6. The van der Waals surface area contributed by atoms with E-state index in [0.29, 0.717) is 22.6 Å². The lowest BCUT2D eigenvalue weighted by atomic mass is 9.76. The van der Waals surface area contributed by atoms with E-state index in [2.05, 4.69) is 65.1 Å². The van der Waals surface area contributed by atoms with Gasteiger partial charge in [-0.2, -0.15) is 0 Å². The fraction of sp³-hybridized carbons (Fsp3) is 0.234. The summed E-state index contributed by atoms with van der Waals surface area (Å²) in [5.41, 5.74) is 4.18. The summed E-state index contributed by atoms with van der Waals surface area (Å²) in [6.07, 6.45) is 0. The number of hydrogen-bond donors (Lipinski definition) is 0. The molecule has 0 aliphatic carbocycles. The zero-order valence-corrected chi connectivity index (χ0v) is 31.1. The molecule has 0 unspecified atom stereocenters. The summed E-state index contributed by atoms with van der Waals surface area (Å²) in [4.78, 5) is 2.02. The van der Waals surface area contributed by atoms with E-state index < -0.39 is 33.7 Å². The number of benzene rings is 6. The SMILES string of the molecule is [2H]C([2H])([2H])c1ccc(-c2cccc(-c3cccc4c3Sc3ccccc3C4(C)C)c2C([2H])([2H])[2H])c(C([2H])([2H])[2H])c1-c1cccc2c1Oc1ccccc1[Si](C)(C)C2(C)C. The van der Waals surface area contributed by atoms with E-state index in [-0.39, 0.29) is 38.8 Å². The molecule has 0 saturated heterocycles. The second-order valence-corrected chi connectivity index (χ2v) is 21.2. The molecule has 8 rings (SSSR count). The molecular weight excluding hydrogens is 641 g/mol. The van der Waals surface area contributed by atoms with Gasteiger partial charge >= 0.3 is 0 Å². The van der Waals surface area contributed by atoms with E-state index in [1.54, 1.807) is 36.0 Å². The van der Waals surface area contributed by atoms with Crippen molar-refractivity contribution in [2.45, 2.75) is 81.6 Å². The van der Waals surface area contributed by atoms with Crippen molar-refractivity contribution in [3.8, 4) is 44.9 Å². The number of aryl methyl sites for hydroxylation is 1. The fourth-order valence-electron chi connectivity index (χ4n) is 7.98. The summed E-state index contributed by atoms with van der Waals surface area (Å²) in [5, 5.41) is 0.660. The van der Waals surface area contributed by atoms with Gasteiger partial charge in [0.05, 0.1) is 8.07 Å². The lowest BCUT2D eigenvalue weighted by Gasteiger charge is -2.39. The summed E-state index contributed by atoms with van der Waals surface area (Å²) in [5.74, 6) is 1.05. The molecule has 6 aromatic carbocycles. The molecule has 2 aliphatic heterocycles. The molecule has 0 radical (unpaired) electrons. The summed E-state index contributed by atoms with van der Waals surface area (Å²) >= 11 is 1.60. The Morgan fingerprint density at radius 3 is 1.98 bits per heavy atom. The van der Waals surface area contributed by atoms with E-state index in [1.807, 2.05) is 54.6 Å². The van der Waals surface area contributed by atoms with Crippen LogP contribution >= 0.6 is 11.8 Å². The van der Waals surface area contributed by atoms with E-state index in [1.165, 1.54) is 17.7 Å². The number of ether oxygens (including phenoxy) is 1. The van der Waals surface area contributed by atoms with Crippen molar-refractivity contribution < 1.29 is 17.1 Å². The number of hydrogen-bond acceptors (Lipinski definition) is 2. The predicted molar refractivity (Wildman–Crippen MR) is 216 cm³/mol. The van der Waals surface area contributed by atoms with Gasteiger partial charge in [0.1, 0.15) is 11.5 Å². The van der Waals surface area contributed by atoms with Crippen LogP contribution in [0.4, 0.5) is 0 Å². The largest absolute Gasteiger partial charge is 0.457 e. The highest BCUT2D eigenvalue weighted by atomic mass is 32.2. The molecular formula is C47H46OSSi. The molecule has 0 atom stereocenters. The molecule has 2 heterocycles. The van der Waals surface area contributed by atoms with Gasteiger partial charge < -0.3 is 4.74 Å². The summed E-state index contributed by atoms with van der Waals surface area (Å²) < 4.78 is 87.8. The van der Waals surface area contributed by atoms with E-state index >= 15 is 0 Å². The smallest absolute Gasteiger partial charge is 0.138 e. The second-order valence-electron chi connectivity index (χ2n) is 15.1. The van der Waals surface area contributed by atoms with Crippen LogP contribution in [0.25, 0.3) is 33.4 Å². The number of rotatable bonds is 3. The van der Waals surface area contributed by atoms with Crippen LogP contribution in [0.1, 0.15) is 73.4 Å². The topological polar surface area (TPSA) is 9.23 Å². The zero-order valence-electron chi connectivity index (χ0n) is 38.3. The van der Waals surface area contributed by atoms with Gasteiger partial charge in [0.25, 0.3) is 0 Å². The first kappa shape index (κ1) is 24.0. The Morgan fingerprint density at radius 1 is 0.580 bits per heavy atom.